The summed E-state index contributed by atoms with van der Waals surface area (Å²) in [5.74, 6) is 0. The lowest BCUT2D eigenvalue weighted by atomic mass is 10.1. The largest absolute Gasteiger partial charge is 0.385 e. The summed E-state index contributed by atoms with van der Waals surface area (Å²) in [7, 11) is -3.59. The molecule has 0 saturated carbocycles. The van der Waals surface area contributed by atoms with Crippen LogP contribution in [0, 0.1) is 0 Å². The Morgan fingerprint density at radius 2 is 2.00 bits per heavy atom. The molecule has 1 N–H and O–H groups in total. The highest BCUT2D eigenvalue weighted by atomic mass is 35.5. The predicted molar refractivity (Wildman–Crippen MR) is 65.5 cm³/mol. The van der Waals surface area contributed by atoms with Gasteiger partial charge in [-0.25, -0.2) is 8.42 Å². The fraction of sp³-hybridized carbons (Fsp3) is 0.400. The number of aliphatic hydroxyl groups is 1. The minimum Gasteiger partial charge on any atom is -0.385 e. The zero-order valence-corrected chi connectivity index (χ0v) is 11.1. The molecule has 3 nitrogen and oxygen atoms in total. The van der Waals surface area contributed by atoms with Gasteiger partial charge < -0.3 is 5.11 Å². The van der Waals surface area contributed by atoms with E-state index in [9.17, 15) is 13.5 Å². The number of rotatable bonds is 3. The third-order valence-corrected chi connectivity index (χ3v) is 5.33. The van der Waals surface area contributed by atoms with Crippen molar-refractivity contribution in [2.75, 3.05) is 6.26 Å². The normalized spacial score (nSPS) is 17.8. The van der Waals surface area contributed by atoms with Crippen molar-refractivity contribution >= 4 is 33.0 Å². The highest BCUT2D eigenvalue weighted by molar-refractivity contribution is 7.93. The minimum atomic E-state index is -3.59. The molecule has 1 rings (SSSR count). The summed E-state index contributed by atoms with van der Waals surface area (Å²) >= 11 is 11.6. The van der Waals surface area contributed by atoms with Gasteiger partial charge in [-0.05, 0) is 24.6 Å². The Hall–Kier alpha value is -0.290. The second-order valence-corrected chi connectivity index (χ2v) is 7.55. The first-order chi connectivity index (χ1) is 7.16. The summed E-state index contributed by atoms with van der Waals surface area (Å²) < 4.78 is 21.1. The van der Waals surface area contributed by atoms with Gasteiger partial charge in [-0.15, -0.1) is 0 Å². The second-order valence-electron chi connectivity index (χ2n) is 3.72. The highest BCUT2D eigenvalue weighted by Gasteiger charge is 2.41. The van der Waals surface area contributed by atoms with Gasteiger partial charge in [0.05, 0.1) is 0 Å². The van der Waals surface area contributed by atoms with Crippen LogP contribution in [-0.2, 0) is 9.84 Å². The van der Waals surface area contributed by atoms with Crippen LogP contribution in [0.25, 0.3) is 0 Å². The lowest BCUT2D eigenvalue weighted by Gasteiger charge is -2.26. The lowest BCUT2D eigenvalue weighted by Crippen LogP contribution is -2.35. The molecule has 0 aliphatic heterocycles. The molecule has 0 unspecified atom stereocenters. The van der Waals surface area contributed by atoms with Crippen LogP contribution in [0.1, 0.15) is 18.6 Å². The first kappa shape index (κ1) is 13.8. The number of hydrogen-bond acceptors (Lipinski definition) is 3. The standard InChI is InChI=1S/C10H12Cl2O3S/c1-10(12,16(2,14)15)9(13)7-4-3-5-8(11)6-7/h3-6,9,13H,1-2H3/t9-,10+/m0/s1. The van der Waals surface area contributed by atoms with E-state index in [1.165, 1.54) is 13.0 Å². The Bertz CT molecular complexity index is 483. The van der Waals surface area contributed by atoms with Gasteiger partial charge in [-0.2, -0.15) is 0 Å². The fourth-order valence-electron chi connectivity index (χ4n) is 1.18. The molecular weight excluding hydrogens is 271 g/mol. The lowest BCUT2D eigenvalue weighted by molar-refractivity contribution is 0.163. The van der Waals surface area contributed by atoms with Crippen LogP contribution in [0.15, 0.2) is 24.3 Å². The smallest absolute Gasteiger partial charge is 0.172 e. The molecular formula is C10H12Cl2O3S. The molecule has 0 radical (unpaired) electrons. The van der Waals surface area contributed by atoms with Crippen molar-refractivity contribution < 1.29 is 13.5 Å². The molecule has 90 valence electrons. The summed E-state index contributed by atoms with van der Waals surface area (Å²) in [6.45, 7) is 1.26. The molecule has 0 aliphatic carbocycles. The van der Waals surface area contributed by atoms with E-state index in [1.807, 2.05) is 0 Å². The average Bonchev–Trinajstić information content (AvgIpc) is 2.14. The van der Waals surface area contributed by atoms with Crippen LogP contribution in [0.5, 0.6) is 0 Å². The topological polar surface area (TPSA) is 54.4 Å². The van der Waals surface area contributed by atoms with Crippen LogP contribution >= 0.6 is 23.2 Å². The molecule has 2 atom stereocenters. The Morgan fingerprint density at radius 1 is 1.44 bits per heavy atom. The molecule has 6 heteroatoms. The molecule has 0 aliphatic rings. The summed E-state index contributed by atoms with van der Waals surface area (Å²) in [6, 6.07) is 6.31. The SMILES string of the molecule is C[C@](Cl)([C@@H](O)c1cccc(Cl)c1)S(C)(=O)=O. The summed E-state index contributed by atoms with van der Waals surface area (Å²) in [6.07, 6.45) is -0.351. The molecule has 1 aromatic rings. The Kier molecular flexibility index (Phi) is 3.90. The number of alkyl halides is 1. The molecule has 16 heavy (non-hydrogen) atoms. The Labute approximate surface area is 105 Å². The van der Waals surface area contributed by atoms with E-state index in [0.717, 1.165) is 6.26 Å². The van der Waals surface area contributed by atoms with E-state index in [1.54, 1.807) is 18.2 Å². The number of aliphatic hydroxyl groups excluding tert-OH is 1. The molecule has 1 aromatic carbocycles. The van der Waals surface area contributed by atoms with Gasteiger partial charge in [-0.1, -0.05) is 35.3 Å². The maximum Gasteiger partial charge on any atom is 0.172 e. The predicted octanol–water partition coefficient (Wildman–Crippen LogP) is 2.37. The highest BCUT2D eigenvalue weighted by Crippen LogP contribution is 2.36. The number of halogens is 2. The maximum absolute atomic E-state index is 11.4. The molecule has 0 heterocycles. The van der Waals surface area contributed by atoms with Crippen molar-refractivity contribution in [3.63, 3.8) is 0 Å². The first-order valence-corrected chi connectivity index (χ1v) is 7.13. The van der Waals surface area contributed by atoms with Crippen molar-refractivity contribution in [3.8, 4) is 0 Å². The van der Waals surface area contributed by atoms with E-state index in [2.05, 4.69) is 0 Å². The molecule has 0 aromatic heterocycles. The number of sulfone groups is 1. The summed E-state index contributed by atoms with van der Waals surface area (Å²) in [5, 5.41) is 10.4. The molecule has 0 amide bonds. The molecule has 0 fully saturated rings. The van der Waals surface area contributed by atoms with Gasteiger partial charge in [0.25, 0.3) is 0 Å². The van der Waals surface area contributed by atoms with E-state index in [4.69, 9.17) is 23.2 Å². The Balaban J connectivity index is 3.17. The second kappa shape index (κ2) is 4.53. The molecule has 0 saturated heterocycles. The van der Waals surface area contributed by atoms with Crippen molar-refractivity contribution in [2.24, 2.45) is 0 Å². The van der Waals surface area contributed by atoms with E-state index >= 15 is 0 Å². The summed E-state index contributed by atoms with van der Waals surface area (Å²) in [5.41, 5.74) is 0.371. The van der Waals surface area contributed by atoms with Gasteiger partial charge in [-0.3, -0.25) is 0 Å². The van der Waals surface area contributed by atoms with Crippen LogP contribution in [0.4, 0.5) is 0 Å². The molecule has 0 bridgehead atoms. The van der Waals surface area contributed by atoms with E-state index in [0.29, 0.717) is 10.6 Å². The zero-order valence-electron chi connectivity index (χ0n) is 8.81. The van der Waals surface area contributed by atoms with Gasteiger partial charge in [0.2, 0.25) is 0 Å². The third-order valence-electron chi connectivity index (χ3n) is 2.38. The minimum absolute atomic E-state index is 0.371. The van der Waals surface area contributed by atoms with Crippen LogP contribution in [0.3, 0.4) is 0 Å². The number of benzene rings is 1. The van der Waals surface area contributed by atoms with Crippen molar-refractivity contribution in [1.82, 2.24) is 0 Å². The van der Waals surface area contributed by atoms with Crippen LogP contribution < -0.4 is 0 Å². The first-order valence-electron chi connectivity index (χ1n) is 4.48. The average molecular weight is 283 g/mol. The zero-order chi connectivity index (χ0) is 12.6. The third kappa shape index (κ3) is 2.69. The van der Waals surface area contributed by atoms with Crippen LogP contribution in [-0.4, -0.2) is 24.0 Å². The summed E-state index contributed by atoms with van der Waals surface area (Å²) in [4.78, 5) is 0. The van der Waals surface area contributed by atoms with Gasteiger partial charge in [0.15, 0.2) is 14.0 Å². The fourth-order valence-corrected chi connectivity index (χ4v) is 2.04. The van der Waals surface area contributed by atoms with Crippen molar-refractivity contribution in [3.05, 3.63) is 34.9 Å². The monoisotopic (exact) mass is 282 g/mol. The van der Waals surface area contributed by atoms with Gasteiger partial charge in [0, 0.05) is 11.3 Å². The van der Waals surface area contributed by atoms with Crippen molar-refractivity contribution in [1.29, 1.82) is 0 Å². The van der Waals surface area contributed by atoms with E-state index < -0.39 is 20.1 Å². The number of hydrogen-bond donors (Lipinski definition) is 1. The molecule has 0 spiro atoms. The van der Waals surface area contributed by atoms with Crippen LogP contribution in [0.2, 0.25) is 5.02 Å². The van der Waals surface area contributed by atoms with Gasteiger partial charge >= 0.3 is 0 Å². The van der Waals surface area contributed by atoms with Gasteiger partial charge in [0.1, 0.15) is 6.10 Å². The maximum atomic E-state index is 11.4. The Morgan fingerprint density at radius 3 is 2.44 bits per heavy atom. The van der Waals surface area contributed by atoms with E-state index in [-0.39, 0.29) is 0 Å². The van der Waals surface area contributed by atoms with Crippen molar-refractivity contribution in [2.45, 2.75) is 17.2 Å². The quantitative estimate of drug-likeness (QED) is 0.866.